The van der Waals surface area contributed by atoms with Gasteiger partial charge in [0.2, 0.25) is 5.91 Å². The van der Waals surface area contributed by atoms with E-state index in [2.05, 4.69) is 5.32 Å². The van der Waals surface area contributed by atoms with Gasteiger partial charge in [0.25, 0.3) is 0 Å². The van der Waals surface area contributed by atoms with Gasteiger partial charge in [-0.1, -0.05) is 6.07 Å². The zero-order valence-electron chi connectivity index (χ0n) is 16.8. The molecule has 2 atom stereocenters. The van der Waals surface area contributed by atoms with Crippen molar-refractivity contribution in [2.75, 3.05) is 20.3 Å². The maximum atomic E-state index is 12.5. The van der Waals surface area contributed by atoms with Crippen LogP contribution >= 0.6 is 12.4 Å². The van der Waals surface area contributed by atoms with E-state index in [0.29, 0.717) is 19.0 Å². The Labute approximate surface area is 173 Å². The quantitative estimate of drug-likeness (QED) is 0.717. The summed E-state index contributed by atoms with van der Waals surface area (Å²) < 4.78 is 17.0. The summed E-state index contributed by atoms with van der Waals surface area (Å²) >= 11 is 0. The summed E-state index contributed by atoms with van der Waals surface area (Å²) in [7, 11) is 1.64. The molecule has 0 radical (unpaired) electrons. The summed E-state index contributed by atoms with van der Waals surface area (Å²) in [5, 5.41) is 3.04. The number of benzene rings is 1. The zero-order valence-corrected chi connectivity index (χ0v) is 17.6. The summed E-state index contributed by atoms with van der Waals surface area (Å²) in [6, 6.07) is 5.21. The van der Waals surface area contributed by atoms with E-state index in [9.17, 15) is 4.79 Å². The van der Waals surface area contributed by atoms with Crippen LogP contribution in [0.2, 0.25) is 0 Å². The molecule has 1 heterocycles. The summed E-state index contributed by atoms with van der Waals surface area (Å²) in [5.41, 5.74) is 7.15. The molecule has 0 bridgehead atoms. The lowest BCUT2D eigenvalue weighted by Gasteiger charge is -2.28. The number of nitrogens with two attached hydrogens (primary N) is 1. The molecule has 6 nitrogen and oxygen atoms in total. The third kappa shape index (κ3) is 5.75. The summed E-state index contributed by atoms with van der Waals surface area (Å²) in [6.45, 7) is 3.32. The monoisotopic (exact) mass is 412 g/mol. The second-order valence-corrected chi connectivity index (χ2v) is 7.64. The van der Waals surface area contributed by atoms with Crippen LogP contribution in [-0.2, 0) is 9.53 Å². The Hall–Kier alpha value is -1.50. The number of nitrogens with one attached hydrogen (secondary N) is 1. The van der Waals surface area contributed by atoms with Gasteiger partial charge in [0.05, 0.1) is 25.3 Å². The molecule has 158 valence electrons. The zero-order chi connectivity index (χ0) is 19.2. The maximum Gasteiger partial charge on any atom is 0.237 e. The van der Waals surface area contributed by atoms with E-state index >= 15 is 0 Å². The van der Waals surface area contributed by atoms with Crippen LogP contribution in [0.25, 0.3) is 0 Å². The van der Waals surface area contributed by atoms with Crippen LogP contribution < -0.4 is 20.5 Å². The first kappa shape index (κ1) is 22.8. The average Bonchev–Trinajstić information content (AvgIpc) is 3.21. The normalized spacial score (nSPS) is 20.1. The fraction of sp³-hybridized carbons (Fsp3) is 0.667. The minimum atomic E-state index is -0.497. The van der Waals surface area contributed by atoms with Crippen LogP contribution in [0.1, 0.15) is 57.1 Å². The van der Waals surface area contributed by atoms with E-state index in [4.69, 9.17) is 19.9 Å². The van der Waals surface area contributed by atoms with Crippen molar-refractivity contribution in [3.05, 3.63) is 23.8 Å². The molecular weight excluding hydrogens is 380 g/mol. The molecule has 1 aliphatic heterocycles. The minimum Gasteiger partial charge on any atom is -0.493 e. The van der Waals surface area contributed by atoms with Crippen LogP contribution in [0, 0.1) is 5.92 Å². The molecule has 3 N–H and O–H groups in total. The molecule has 1 amide bonds. The number of amides is 1. The standard InChI is InChI=1S/C21H32N2O4.ClH/c1-14(23-21(24)20(22)15-9-11-26-12-10-15)16-7-8-18(19(13-16)25-2)27-17-5-3-4-6-17;/h7-8,13-15,17,20H,3-6,9-12,22H2,1-2H3,(H,23,24);1H. The Morgan fingerprint density at radius 3 is 2.50 bits per heavy atom. The molecule has 1 aliphatic carbocycles. The van der Waals surface area contributed by atoms with Crippen molar-refractivity contribution in [2.45, 2.75) is 63.6 Å². The van der Waals surface area contributed by atoms with Crippen LogP contribution in [0.5, 0.6) is 11.5 Å². The Morgan fingerprint density at radius 2 is 1.86 bits per heavy atom. The van der Waals surface area contributed by atoms with E-state index < -0.39 is 6.04 Å². The van der Waals surface area contributed by atoms with E-state index in [1.165, 1.54) is 12.8 Å². The van der Waals surface area contributed by atoms with Gasteiger partial charge < -0.3 is 25.3 Å². The van der Waals surface area contributed by atoms with Gasteiger partial charge in [-0.25, -0.2) is 0 Å². The van der Waals surface area contributed by atoms with Crippen molar-refractivity contribution in [2.24, 2.45) is 11.7 Å². The van der Waals surface area contributed by atoms with Crippen molar-refractivity contribution < 1.29 is 19.0 Å². The van der Waals surface area contributed by atoms with Crippen molar-refractivity contribution in [1.29, 1.82) is 0 Å². The van der Waals surface area contributed by atoms with Gasteiger partial charge in [-0.2, -0.15) is 0 Å². The van der Waals surface area contributed by atoms with Gasteiger partial charge in [0, 0.05) is 13.2 Å². The molecule has 7 heteroatoms. The van der Waals surface area contributed by atoms with E-state index in [0.717, 1.165) is 37.0 Å². The average molecular weight is 413 g/mol. The highest BCUT2D eigenvalue weighted by Crippen LogP contribution is 2.33. The highest BCUT2D eigenvalue weighted by Gasteiger charge is 2.27. The second kappa shape index (κ2) is 10.9. The van der Waals surface area contributed by atoms with Crippen molar-refractivity contribution in [3.63, 3.8) is 0 Å². The fourth-order valence-corrected chi connectivity index (χ4v) is 3.92. The molecule has 1 saturated carbocycles. The number of hydrogen-bond donors (Lipinski definition) is 2. The molecular formula is C21H33ClN2O4. The molecule has 28 heavy (non-hydrogen) atoms. The number of methoxy groups -OCH3 is 1. The van der Waals surface area contributed by atoms with Gasteiger partial charge in [-0.3, -0.25) is 4.79 Å². The number of halogens is 1. The third-order valence-electron chi connectivity index (χ3n) is 5.72. The highest BCUT2D eigenvalue weighted by molar-refractivity contribution is 5.85. The Morgan fingerprint density at radius 1 is 1.18 bits per heavy atom. The topological polar surface area (TPSA) is 82.8 Å². The number of ether oxygens (including phenoxy) is 3. The molecule has 2 fully saturated rings. The summed E-state index contributed by atoms with van der Waals surface area (Å²) in [6.07, 6.45) is 6.60. The Bertz CT molecular complexity index is 631. The van der Waals surface area contributed by atoms with Crippen LogP contribution in [-0.4, -0.2) is 38.4 Å². The van der Waals surface area contributed by atoms with E-state index in [1.807, 2.05) is 25.1 Å². The summed E-state index contributed by atoms with van der Waals surface area (Å²) in [5.74, 6) is 1.54. The number of hydrogen-bond acceptors (Lipinski definition) is 5. The van der Waals surface area contributed by atoms with Crippen molar-refractivity contribution >= 4 is 18.3 Å². The lowest BCUT2D eigenvalue weighted by molar-refractivity contribution is -0.125. The van der Waals surface area contributed by atoms with Gasteiger partial charge in [-0.15, -0.1) is 12.4 Å². The number of rotatable bonds is 7. The Balaban J connectivity index is 0.00000280. The molecule has 3 rings (SSSR count). The largest absolute Gasteiger partial charge is 0.493 e. The first-order chi connectivity index (χ1) is 13.1. The Kier molecular flexibility index (Phi) is 8.86. The molecule has 1 aromatic carbocycles. The van der Waals surface area contributed by atoms with Crippen molar-refractivity contribution in [3.8, 4) is 11.5 Å². The van der Waals surface area contributed by atoms with Crippen LogP contribution in [0.4, 0.5) is 0 Å². The predicted molar refractivity (Wildman–Crippen MR) is 111 cm³/mol. The summed E-state index contributed by atoms with van der Waals surface area (Å²) in [4.78, 5) is 12.5. The lowest BCUT2D eigenvalue weighted by Crippen LogP contribution is -2.47. The van der Waals surface area contributed by atoms with Gasteiger partial charge in [0.15, 0.2) is 11.5 Å². The molecule has 0 aromatic heterocycles. The minimum absolute atomic E-state index is 0. The van der Waals surface area contributed by atoms with Crippen LogP contribution in [0.15, 0.2) is 18.2 Å². The van der Waals surface area contributed by atoms with Crippen LogP contribution in [0.3, 0.4) is 0 Å². The molecule has 2 unspecified atom stereocenters. The maximum absolute atomic E-state index is 12.5. The van der Waals surface area contributed by atoms with E-state index in [1.54, 1.807) is 7.11 Å². The predicted octanol–water partition coefficient (Wildman–Crippen LogP) is 3.37. The molecule has 1 saturated heterocycles. The lowest BCUT2D eigenvalue weighted by atomic mass is 9.91. The van der Waals surface area contributed by atoms with E-state index in [-0.39, 0.29) is 36.4 Å². The first-order valence-corrected chi connectivity index (χ1v) is 10.1. The number of carbonyl (C=O) groups excluding carboxylic acids is 1. The highest BCUT2D eigenvalue weighted by atomic mass is 35.5. The fourth-order valence-electron chi connectivity index (χ4n) is 3.92. The second-order valence-electron chi connectivity index (χ2n) is 7.64. The number of carbonyl (C=O) groups is 1. The van der Waals surface area contributed by atoms with Gasteiger partial charge in [-0.05, 0) is 69.1 Å². The molecule has 2 aliphatic rings. The smallest absolute Gasteiger partial charge is 0.237 e. The third-order valence-corrected chi connectivity index (χ3v) is 5.72. The van der Waals surface area contributed by atoms with Crippen molar-refractivity contribution in [1.82, 2.24) is 5.32 Å². The first-order valence-electron chi connectivity index (χ1n) is 10.1. The van der Waals surface area contributed by atoms with Gasteiger partial charge >= 0.3 is 0 Å². The molecule has 0 spiro atoms. The molecule has 1 aromatic rings. The van der Waals surface area contributed by atoms with Gasteiger partial charge in [0.1, 0.15) is 0 Å². The SMILES string of the molecule is COc1cc(C(C)NC(=O)C(N)C2CCOCC2)ccc1OC1CCCC1.Cl.